The maximum atomic E-state index is 12.0. The van der Waals surface area contributed by atoms with Crippen LogP contribution in [0.2, 0.25) is 0 Å². The SMILES string of the molecule is CCC(N)c1nc(-c2ccc(OC(F)F)cc2)cs1. The molecule has 1 atom stereocenters. The third-order valence-corrected chi connectivity index (χ3v) is 3.63. The number of hydrogen-bond acceptors (Lipinski definition) is 4. The van der Waals surface area contributed by atoms with Gasteiger partial charge in [0.25, 0.3) is 0 Å². The summed E-state index contributed by atoms with van der Waals surface area (Å²) in [4.78, 5) is 4.45. The van der Waals surface area contributed by atoms with Gasteiger partial charge in [-0.25, -0.2) is 4.98 Å². The fraction of sp³-hybridized carbons (Fsp3) is 0.308. The van der Waals surface area contributed by atoms with Gasteiger partial charge in [0.1, 0.15) is 10.8 Å². The summed E-state index contributed by atoms with van der Waals surface area (Å²) in [5, 5.41) is 2.79. The van der Waals surface area contributed by atoms with Crippen LogP contribution in [0.3, 0.4) is 0 Å². The molecule has 0 aliphatic rings. The molecular weight excluding hydrogens is 270 g/mol. The normalized spacial score (nSPS) is 12.7. The van der Waals surface area contributed by atoms with Gasteiger partial charge in [-0.2, -0.15) is 8.78 Å². The molecule has 1 aromatic carbocycles. The van der Waals surface area contributed by atoms with Gasteiger partial charge in [-0.3, -0.25) is 0 Å². The van der Waals surface area contributed by atoms with Crippen molar-refractivity contribution in [2.45, 2.75) is 26.0 Å². The molecule has 1 heterocycles. The van der Waals surface area contributed by atoms with Gasteiger partial charge >= 0.3 is 6.61 Å². The van der Waals surface area contributed by atoms with Crippen molar-refractivity contribution in [2.24, 2.45) is 5.73 Å². The van der Waals surface area contributed by atoms with Crippen molar-refractivity contribution >= 4 is 11.3 Å². The zero-order valence-electron chi connectivity index (χ0n) is 10.3. The van der Waals surface area contributed by atoms with E-state index >= 15 is 0 Å². The second kappa shape index (κ2) is 6.08. The van der Waals surface area contributed by atoms with E-state index in [-0.39, 0.29) is 11.8 Å². The largest absolute Gasteiger partial charge is 0.435 e. The van der Waals surface area contributed by atoms with Crippen molar-refractivity contribution in [3.8, 4) is 17.0 Å². The highest BCUT2D eigenvalue weighted by molar-refractivity contribution is 7.10. The van der Waals surface area contributed by atoms with E-state index in [9.17, 15) is 8.78 Å². The molecule has 0 amide bonds. The molecule has 1 unspecified atom stereocenters. The molecule has 102 valence electrons. The fourth-order valence-electron chi connectivity index (χ4n) is 1.57. The van der Waals surface area contributed by atoms with Gasteiger partial charge < -0.3 is 10.5 Å². The molecule has 2 rings (SSSR count). The van der Waals surface area contributed by atoms with E-state index in [4.69, 9.17) is 5.73 Å². The average molecular weight is 284 g/mol. The Bertz CT molecular complexity index is 528. The summed E-state index contributed by atoms with van der Waals surface area (Å²) < 4.78 is 28.4. The highest BCUT2D eigenvalue weighted by Crippen LogP contribution is 2.27. The molecule has 0 saturated carbocycles. The summed E-state index contributed by atoms with van der Waals surface area (Å²) in [6.07, 6.45) is 0.827. The van der Waals surface area contributed by atoms with Gasteiger partial charge in [-0.1, -0.05) is 6.92 Å². The Morgan fingerprint density at radius 1 is 1.32 bits per heavy atom. The van der Waals surface area contributed by atoms with Gasteiger partial charge in [0, 0.05) is 10.9 Å². The number of hydrogen-bond donors (Lipinski definition) is 1. The van der Waals surface area contributed by atoms with Crippen molar-refractivity contribution in [3.05, 3.63) is 34.7 Å². The fourth-order valence-corrected chi connectivity index (χ4v) is 2.49. The second-order valence-electron chi connectivity index (χ2n) is 3.99. The van der Waals surface area contributed by atoms with E-state index in [1.165, 1.54) is 23.5 Å². The lowest BCUT2D eigenvalue weighted by atomic mass is 10.1. The number of alkyl halides is 2. The summed E-state index contributed by atoms with van der Waals surface area (Å²) in [5.74, 6) is 0.138. The van der Waals surface area contributed by atoms with Crippen LogP contribution in [-0.4, -0.2) is 11.6 Å². The van der Waals surface area contributed by atoms with Gasteiger partial charge in [0.05, 0.1) is 11.7 Å². The molecule has 0 saturated heterocycles. The number of nitrogens with zero attached hydrogens (tertiary/aromatic N) is 1. The molecule has 19 heavy (non-hydrogen) atoms. The Morgan fingerprint density at radius 3 is 2.58 bits per heavy atom. The predicted octanol–water partition coefficient (Wildman–Crippen LogP) is 3.82. The lowest BCUT2D eigenvalue weighted by Crippen LogP contribution is -2.07. The van der Waals surface area contributed by atoms with Gasteiger partial charge in [-0.05, 0) is 30.7 Å². The van der Waals surface area contributed by atoms with Crippen LogP contribution in [-0.2, 0) is 0 Å². The van der Waals surface area contributed by atoms with Crippen LogP contribution in [0.1, 0.15) is 24.4 Å². The van der Waals surface area contributed by atoms with Crippen molar-refractivity contribution in [1.82, 2.24) is 4.98 Å². The number of halogens is 2. The monoisotopic (exact) mass is 284 g/mol. The lowest BCUT2D eigenvalue weighted by Gasteiger charge is -2.05. The zero-order valence-corrected chi connectivity index (χ0v) is 11.2. The summed E-state index contributed by atoms with van der Waals surface area (Å²) in [6, 6.07) is 6.35. The first-order valence-corrected chi connectivity index (χ1v) is 6.74. The van der Waals surface area contributed by atoms with Crippen LogP contribution in [0, 0.1) is 0 Å². The summed E-state index contributed by atoms with van der Waals surface area (Å²) in [7, 11) is 0. The van der Waals surface area contributed by atoms with Crippen LogP contribution in [0.15, 0.2) is 29.6 Å². The van der Waals surface area contributed by atoms with Crippen LogP contribution in [0.5, 0.6) is 5.75 Å². The topological polar surface area (TPSA) is 48.1 Å². The summed E-state index contributed by atoms with van der Waals surface area (Å²) in [6.45, 7) is -0.804. The van der Waals surface area contributed by atoms with E-state index in [0.29, 0.717) is 0 Å². The molecular formula is C13H14F2N2OS. The maximum absolute atomic E-state index is 12.0. The first-order chi connectivity index (χ1) is 9.10. The summed E-state index contributed by atoms with van der Waals surface area (Å²) >= 11 is 1.50. The summed E-state index contributed by atoms with van der Waals surface area (Å²) in [5.41, 5.74) is 7.56. The van der Waals surface area contributed by atoms with Crippen LogP contribution in [0.4, 0.5) is 8.78 Å². The molecule has 2 aromatic rings. The molecule has 3 nitrogen and oxygen atoms in total. The first kappa shape index (κ1) is 13.9. The van der Waals surface area contributed by atoms with Crippen LogP contribution in [0.25, 0.3) is 11.3 Å². The highest BCUT2D eigenvalue weighted by Gasteiger charge is 2.10. The molecule has 0 aliphatic heterocycles. The lowest BCUT2D eigenvalue weighted by molar-refractivity contribution is -0.0498. The van der Waals surface area contributed by atoms with E-state index in [2.05, 4.69) is 9.72 Å². The first-order valence-electron chi connectivity index (χ1n) is 5.86. The number of thiazole rings is 1. The minimum Gasteiger partial charge on any atom is -0.435 e. The zero-order chi connectivity index (χ0) is 13.8. The molecule has 0 aliphatic carbocycles. The minimum atomic E-state index is -2.81. The smallest absolute Gasteiger partial charge is 0.387 e. The highest BCUT2D eigenvalue weighted by atomic mass is 32.1. The second-order valence-corrected chi connectivity index (χ2v) is 4.88. The van der Waals surface area contributed by atoms with E-state index < -0.39 is 6.61 Å². The number of ether oxygens (including phenoxy) is 1. The van der Waals surface area contributed by atoms with Gasteiger partial charge in [0.2, 0.25) is 0 Å². The molecule has 0 spiro atoms. The molecule has 0 radical (unpaired) electrons. The number of nitrogens with two attached hydrogens (primary N) is 1. The molecule has 1 aromatic heterocycles. The van der Waals surface area contributed by atoms with Gasteiger partial charge in [0.15, 0.2) is 0 Å². The third-order valence-electron chi connectivity index (χ3n) is 2.65. The minimum absolute atomic E-state index is 0.0554. The Labute approximate surface area is 114 Å². The van der Waals surface area contributed by atoms with E-state index in [1.54, 1.807) is 12.1 Å². The van der Waals surface area contributed by atoms with Crippen molar-refractivity contribution in [3.63, 3.8) is 0 Å². The van der Waals surface area contributed by atoms with Crippen molar-refractivity contribution < 1.29 is 13.5 Å². The molecule has 0 fully saturated rings. The predicted molar refractivity (Wildman–Crippen MR) is 71.4 cm³/mol. The van der Waals surface area contributed by atoms with Crippen molar-refractivity contribution in [2.75, 3.05) is 0 Å². The maximum Gasteiger partial charge on any atom is 0.387 e. The average Bonchev–Trinajstić information content (AvgIpc) is 2.87. The number of rotatable bonds is 5. The van der Waals surface area contributed by atoms with Crippen LogP contribution >= 0.6 is 11.3 Å². The molecule has 0 bridgehead atoms. The number of aromatic nitrogens is 1. The molecule has 6 heteroatoms. The molecule has 2 N–H and O–H groups in total. The Kier molecular flexibility index (Phi) is 4.44. The quantitative estimate of drug-likeness (QED) is 0.908. The Morgan fingerprint density at radius 2 is 2.00 bits per heavy atom. The van der Waals surface area contributed by atoms with Gasteiger partial charge in [-0.15, -0.1) is 11.3 Å². The third kappa shape index (κ3) is 3.48. The van der Waals surface area contributed by atoms with Crippen molar-refractivity contribution in [1.29, 1.82) is 0 Å². The van der Waals surface area contributed by atoms with Crippen LogP contribution < -0.4 is 10.5 Å². The standard InChI is InChI=1S/C13H14F2N2OS/c1-2-10(16)12-17-11(7-19-12)8-3-5-9(6-4-8)18-13(14)15/h3-7,10,13H,2,16H2,1H3. The van der Waals surface area contributed by atoms with E-state index in [1.807, 2.05) is 12.3 Å². The Hall–Kier alpha value is -1.53. The van der Waals surface area contributed by atoms with E-state index in [0.717, 1.165) is 22.7 Å². The number of benzene rings is 1. The Balaban J connectivity index is 2.15.